The van der Waals surface area contributed by atoms with Crippen molar-refractivity contribution in [1.29, 1.82) is 0 Å². The molecule has 0 N–H and O–H groups in total. The summed E-state index contributed by atoms with van der Waals surface area (Å²) in [5.41, 5.74) is 2.64. The normalized spacial score (nSPS) is 12.4. The first kappa shape index (κ1) is 24.8. The fourth-order valence-corrected chi connectivity index (χ4v) is 4.16. The van der Waals surface area contributed by atoms with Crippen molar-refractivity contribution in [1.82, 2.24) is 0 Å². The number of rotatable bonds is 1. The molecular formula is C23H19MnO2P+. The van der Waals surface area contributed by atoms with Crippen LogP contribution in [-0.2, 0) is 26.4 Å². The van der Waals surface area contributed by atoms with Crippen molar-refractivity contribution in [2.24, 2.45) is 0 Å². The van der Waals surface area contributed by atoms with E-state index < -0.39 is 7.92 Å². The van der Waals surface area contributed by atoms with Gasteiger partial charge in [-0.15, -0.1) is 0 Å². The van der Waals surface area contributed by atoms with Gasteiger partial charge in [0.05, 0.1) is 19.6 Å². The van der Waals surface area contributed by atoms with Crippen LogP contribution in [0.4, 0.5) is 0 Å². The Morgan fingerprint density at radius 3 is 1.44 bits per heavy atom. The molecule has 0 saturated carbocycles. The number of benzene rings is 2. The fraction of sp³-hybridized carbons (Fsp3) is 0. The predicted molar refractivity (Wildman–Crippen MR) is 109 cm³/mol. The average Bonchev–Trinajstić information content (AvgIpc) is 3.25. The van der Waals surface area contributed by atoms with Crippen LogP contribution in [0, 0.1) is 19.7 Å². The Morgan fingerprint density at radius 1 is 0.593 bits per heavy atom. The van der Waals surface area contributed by atoms with Crippen LogP contribution in [0.25, 0.3) is 12.2 Å². The predicted octanol–water partition coefficient (Wildman–Crippen LogP) is 5.42. The van der Waals surface area contributed by atoms with Gasteiger partial charge in [-0.05, 0) is 35.4 Å². The second-order valence-corrected chi connectivity index (χ2v) is 7.23. The molecule has 2 nitrogen and oxygen atoms in total. The molecule has 0 unspecified atom stereocenters. The molecule has 0 fully saturated rings. The van der Waals surface area contributed by atoms with Crippen molar-refractivity contribution < 1.29 is 26.4 Å². The van der Waals surface area contributed by atoms with Gasteiger partial charge in [0.2, 0.25) is 0 Å². The minimum Gasteiger partial charge on any atom is -0.0767 e. The van der Waals surface area contributed by atoms with Crippen LogP contribution in [0.15, 0.2) is 90.5 Å². The van der Waals surface area contributed by atoms with Crippen LogP contribution >= 0.6 is 7.92 Å². The van der Waals surface area contributed by atoms with E-state index in [0.717, 1.165) is 0 Å². The topological polar surface area (TPSA) is 39.8 Å². The van der Waals surface area contributed by atoms with Crippen LogP contribution in [0.2, 0.25) is 0 Å². The van der Waals surface area contributed by atoms with E-state index in [4.69, 9.17) is 9.30 Å². The molecule has 1 aliphatic carbocycles. The van der Waals surface area contributed by atoms with Gasteiger partial charge in [0.15, 0.2) is 0 Å². The van der Waals surface area contributed by atoms with Crippen LogP contribution in [0.5, 0.6) is 0 Å². The summed E-state index contributed by atoms with van der Waals surface area (Å²) in [6, 6.07) is 19.3. The molecule has 0 atom stereocenters. The van der Waals surface area contributed by atoms with E-state index in [1.807, 2.05) is 30.7 Å². The molecule has 2 aliphatic rings. The monoisotopic (exact) mass is 413 g/mol. The first-order valence-corrected chi connectivity index (χ1v) is 9.54. The van der Waals surface area contributed by atoms with E-state index in [9.17, 15) is 0 Å². The van der Waals surface area contributed by atoms with Crippen molar-refractivity contribution in [3.8, 4) is 0 Å². The molecule has 0 aromatic heterocycles. The van der Waals surface area contributed by atoms with Crippen LogP contribution < -0.4 is 5.30 Å². The summed E-state index contributed by atoms with van der Waals surface area (Å²) in [4.78, 5) is 0. The Morgan fingerprint density at radius 2 is 1.04 bits per heavy atom. The molecule has 4 heteroatoms. The Bertz CT molecular complexity index is 769. The maximum absolute atomic E-state index is 7.50. The molecule has 2 radical (unpaired) electrons. The molecule has 2 aromatic carbocycles. The molecule has 0 amide bonds. The Hall–Kier alpha value is -2.17. The van der Waals surface area contributed by atoms with Gasteiger partial charge in [-0.1, -0.05) is 66.8 Å². The minimum atomic E-state index is -0.689. The summed E-state index contributed by atoms with van der Waals surface area (Å²) >= 11 is 0. The Labute approximate surface area is 173 Å². The molecule has 0 saturated heterocycles. The molecule has 134 valence electrons. The van der Waals surface area contributed by atoms with Crippen molar-refractivity contribution in [2.75, 3.05) is 0 Å². The van der Waals surface area contributed by atoms with E-state index in [1.165, 1.54) is 16.4 Å². The summed E-state index contributed by atoms with van der Waals surface area (Å²) < 4.78 is 15.0. The molecule has 27 heavy (non-hydrogen) atoms. The summed E-state index contributed by atoms with van der Waals surface area (Å²) in [6.07, 6.45) is 14.5. The van der Waals surface area contributed by atoms with Gasteiger partial charge in [-0.3, -0.25) is 0 Å². The molecular weight excluding hydrogens is 394 g/mol. The molecule has 1 heterocycles. The zero-order valence-electron chi connectivity index (χ0n) is 14.6. The number of allylic oxidation sites excluding steroid dienone is 4. The third kappa shape index (κ3) is 8.85. The standard InChI is InChI=1S/C16H13P.C5H5.2CO.Mn/c1-2-8-16(9-3-1)17-12-10-14-6-4-5-7-15(14)11-13-17;1-2-4-5-3-1;2*1-2;/h1-13H;1-5H;;;/p+1. The van der Waals surface area contributed by atoms with Crippen LogP contribution in [0.1, 0.15) is 11.1 Å². The quantitative estimate of drug-likeness (QED) is 0.259. The summed E-state index contributed by atoms with van der Waals surface area (Å²) in [7, 11) is -0.689. The summed E-state index contributed by atoms with van der Waals surface area (Å²) in [6.45, 7) is 9.00. The van der Waals surface area contributed by atoms with Gasteiger partial charge in [-0.2, -0.15) is 0 Å². The molecule has 0 spiro atoms. The van der Waals surface area contributed by atoms with Crippen LogP contribution in [0.3, 0.4) is 0 Å². The largest absolute Gasteiger partial charge is 0.0767 e. The number of hydrogen-bond donors (Lipinski definition) is 0. The number of fused-ring (bicyclic) bond motifs is 1. The van der Waals surface area contributed by atoms with E-state index in [2.05, 4.69) is 91.7 Å². The van der Waals surface area contributed by atoms with E-state index >= 15 is 0 Å². The first-order chi connectivity index (χ1) is 12.9. The van der Waals surface area contributed by atoms with E-state index in [-0.39, 0.29) is 17.1 Å². The average molecular weight is 413 g/mol. The van der Waals surface area contributed by atoms with Gasteiger partial charge in [0, 0.05) is 23.5 Å². The van der Waals surface area contributed by atoms with Gasteiger partial charge in [0.1, 0.15) is 5.30 Å². The Balaban J connectivity index is 0.000000574. The zero-order chi connectivity index (χ0) is 19.0. The summed E-state index contributed by atoms with van der Waals surface area (Å²) in [5.74, 6) is 4.73. The smallest absolute Gasteiger partial charge is 0.00506 e. The third-order valence-corrected chi connectivity index (χ3v) is 5.60. The Kier molecular flexibility index (Phi) is 14.7. The van der Waals surface area contributed by atoms with Gasteiger partial charge < -0.3 is 0 Å². The summed E-state index contributed by atoms with van der Waals surface area (Å²) in [5, 5.41) is 1.44. The van der Waals surface area contributed by atoms with Crippen molar-refractivity contribution >= 4 is 25.4 Å². The van der Waals surface area contributed by atoms with E-state index in [0.29, 0.717) is 0 Å². The minimum absolute atomic E-state index is 0. The van der Waals surface area contributed by atoms with Crippen molar-refractivity contribution in [3.05, 3.63) is 121 Å². The maximum Gasteiger partial charge on any atom is 0.00506 e. The fourth-order valence-electron chi connectivity index (χ4n) is 2.37. The molecule has 2 aromatic rings. The second-order valence-electron chi connectivity index (χ2n) is 5.08. The van der Waals surface area contributed by atoms with Gasteiger partial charge >= 0.3 is 22.6 Å². The maximum atomic E-state index is 7.50. The third-order valence-electron chi connectivity index (χ3n) is 3.54. The zero-order valence-corrected chi connectivity index (χ0v) is 16.8. The first-order valence-electron chi connectivity index (χ1n) is 7.88. The van der Waals surface area contributed by atoms with Gasteiger partial charge in [0.25, 0.3) is 0 Å². The van der Waals surface area contributed by atoms with Gasteiger partial charge in [-0.25, -0.2) is 0 Å². The number of hydrogen-bond acceptors (Lipinski definition) is 0. The second kappa shape index (κ2) is 16.0. The molecule has 1 aliphatic heterocycles. The molecule has 4 rings (SSSR count). The van der Waals surface area contributed by atoms with Crippen LogP contribution in [-0.4, -0.2) is 0 Å². The molecule has 0 bridgehead atoms. The van der Waals surface area contributed by atoms with Crippen molar-refractivity contribution in [2.45, 2.75) is 0 Å². The SMILES string of the molecule is C1=C[PH+](c2ccccc2)C=Cc2ccccc21.[C-]#[O+].[C-]#[O+].[CH]1C=CC=C1.[Mn]. The van der Waals surface area contributed by atoms with Crippen molar-refractivity contribution in [3.63, 3.8) is 0 Å². The van der Waals surface area contributed by atoms with E-state index in [1.54, 1.807) is 0 Å².